The number of rotatable bonds is 18. The van der Waals surface area contributed by atoms with Crippen molar-refractivity contribution in [2.75, 3.05) is 0 Å². The van der Waals surface area contributed by atoms with E-state index < -0.39 is 104 Å². The summed E-state index contributed by atoms with van der Waals surface area (Å²) in [7, 11) is 0. The molecule has 17 heteroatoms. The molecule has 0 aromatic rings. The van der Waals surface area contributed by atoms with Crippen LogP contribution in [0.1, 0.15) is 44.9 Å². The summed E-state index contributed by atoms with van der Waals surface area (Å²) < 4.78 is 0. The highest BCUT2D eigenvalue weighted by Crippen LogP contribution is 2.06. The molecule has 12 N–H and O–H groups in total. The average Bonchev–Trinajstić information content (AvgIpc) is 2.75. The summed E-state index contributed by atoms with van der Waals surface area (Å²) in [5, 5.41) is 33.3. The highest BCUT2D eigenvalue weighted by Gasteiger charge is 2.31. The minimum absolute atomic E-state index is 0.369. The summed E-state index contributed by atoms with van der Waals surface area (Å²) in [5.41, 5.74) is 15.5. The molecule has 0 aromatic heterocycles. The predicted octanol–water partition coefficient (Wildman–Crippen LogP) is -4.28. The minimum Gasteiger partial charge on any atom is -0.481 e. The van der Waals surface area contributed by atoms with Gasteiger partial charge in [0, 0.05) is 19.3 Å². The molecule has 0 fully saturated rings. The zero-order valence-corrected chi connectivity index (χ0v) is 19.1. The van der Waals surface area contributed by atoms with Crippen LogP contribution < -0.4 is 33.2 Å². The number of carboxylic acid groups (broad SMARTS) is 3. The van der Waals surface area contributed by atoms with Gasteiger partial charge in [-0.3, -0.25) is 33.6 Å². The summed E-state index contributed by atoms with van der Waals surface area (Å²) in [6, 6.07) is -6.28. The van der Waals surface area contributed by atoms with Crippen molar-refractivity contribution in [2.24, 2.45) is 17.2 Å². The Kier molecular flexibility index (Phi) is 13.7. The molecule has 4 atom stereocenters. The molecule has 0 aliphatic heterocycles. The maximum atomic E-state index is 12.8. The Labute approximate surface area is 204 Å². The first-order valence-corrected chi connectivity index (χ1v) is 10.5. The van der Waals surface area contributed by atoms with Gasteiger partial charge in [-0.05, 0) is 19.3 Å². The topological polar surface area (TPSA) is 311 Å². The van der Waals surface area contributed by atoms with Crippen molar-refractivity contribution >= 4 is 47.4 Å². The van der Waals surface area contributed by atoms with E-state index in [1.807, 2.05) is 0 Å². The normalized spacial score (nSPS) is 13.8. The van der Waals surface area contributed by atoms with Gasteiger partial charge in [-0.25, -0.2) is 4.79 Å². The van der Waals surface area contributed by atoms with Gasteiger partial charge >= 0.3 is 17.9 Å². The molecule has 36 heavy (non-hydrogen) atoms. The average molecular weight is 518 g/mol. The molecule has 0 saturated heterocycles. The van der Waals surface area contributed by atoms with Crippen LogP contribution in [-0.2, 0) is 38.4 Å². The Morgan fingerprint density at radius 1 is 0.583 bits per heavy atom. The Balaban J connectivity index is 5.66. The van der Waals surface area contributed by atoms with Crippen molar-refractivity contribution in [3.63, 3.8) is 0 Å². The van der Waals surface area contributed by atoms with E-state index in [9.17, 15) is 43.5 Å². The Morgan fingerprint density at radius 2 is 0.972 bits per heavy atom. The Bertz CT molecular complexity index is 878. The number of carbonyl (C=O) groups excluding carboxylic acids is 5. The van der Waals surface area contributed by atoms with Gasteiger partial charge in [0.25, 0.3) is 0 Å². The molecule has 0 rings (SSSR count). The first-order valence-electron chi connectivity index (χ1n) is 10.5. The highest BCUT2D eigenvalue weighted by atomic mass is 16.4. The van der Waals surface area contributed by atoms with Crippen LogP contribution >= 0.6 is 0 Å². The number of nitrogens with two attached hydrogens (primary N) is 3. The van der Waals surface area contributed by atoms with Gasteiger partial charge in [-0.2, -0.15) is 0 Å². The quantitative estimate of drug-likeness (QED) is 0.0832. The molecule has 202 valence electrons. The van der Waals surface area contributed by atoms with Gasteiger partial charge in [-0.15, -0.1) is 0 Å². The number of nitrogens with one attached hydrogen (secondary N) is 3. The van der Waals surface area contributed by atoms with Crippen molar-refractivity contribution in [1.82, 2.24) is 16.0 Å². The maximum absolute atomic E-state index is 12.8. The maximum Gasteiger partial charge on any atom is 0.326 e. The van der Waals surface area contributed by atoms with E-state index in [1.54, 1.807) is 0 Å². The fourth-order valence-electron chi connectivity index (χ4n) is 2.74. The number of hydrogen-bond acceptors (Lipinski definition) is 9. The SMILES string of the molecule is NC(=O)CCC(NC(=O)C(CCC(N)=O)NC(=O)C(CCC(=O)O)NC(=O)C(N)CC(=O)O)C(=O)O. The molecule has 0 heterocycles. The van der Waals surface area contributed by atoms with Crippen molar-refractivity contribution in [3.8, 4) is 0 Å². The number of carboxylic acids is 3. The third kappa shape index (κ3) is 13.4. The molecule has 17 nitrogen and oxygen atoms in total. The zero-order valence-electron chi connectivity index (χ0n) is 19.1. The van der Waals surface area contributed by atoms with Gasteiger partial charge in [0.1, 0.15) is 18.1 Å². The largest absolute Gasteiger partial charge is 0.481 e. The third-order valence-electron chi connectivity index (χ3n) is 4.62. The second kappa shape index (κ2) is 15.6. The van der Waals surface area contributed by atoms with Crippen molar-refractivity contribution in [1.29, 1.82) is 0 Å². The first-order chi connectivity index (χ1) is 16.6. The van der Waals surface area contributed by atoms with Crippen molar-refractivity contribution in [2.45, 2.75) is 69.1 Å². The van der Waals surface area contributed by atoms with Gasteiger partial charge in [0.2, 0.25) is 29.5 Å². The minimum atomic E-state index is -1.58. The summed E-state index contributed by atoms with van der Waals surface area (Å²) in [6.45, 7) is 0. The lowest BCUT2D eigenvalue weighted by Crippen LogP contribution is -2.57. The molecular formula is C19H30N6O11. The lowest BCUT2D eigenvalue weighted by Gasteiger charge is -2.24. The van der Waals surface area contributed by atoms with Crippen LogP contribution in [0.5, 0.6) is 0 Å². The van der Waals surface area contributed by atoms with E-state index in [2.05, 4.69) is 16.0 Å². The number of carbonyl (C=O) groups is 8. The summed E-state index contributed by atoms with van der Waals surface area (Å²) in [5.74, 6) is -9.20. The van der Waals surface area contributed by atoms with E-state index in [4.69, 9.17) is 27.4 Å². The number of aliphatic carboxylic acids is 3. The van der Waals surface area contributed by atoms with Crippen LogP contribution in [0, 0.1) is 0 Å². The molecule has 5 amide bonds. The monoisotopic (exact) mass is 518 g/mol. The van der Waals surface area contributed by atoms with E-state index >= 15 is 0 Å². The van der Waals surface area contributed by atoms with Gasteiger partial charge < -0.3 is 48.5 Å². The standard InChI is InChI=1S/C19H30N6O11/c20-8(7-15(30)31)16(32)23-10(3-6-14(28)29)17(33)24-9(1-4-12(21)26)18(34)25-11(19(35)36)2-5-13(22)27/h8-11H,1-7,20H2,(H2,21,26)(H2,22,27)(H,23,32)(H,24,33)(H,25,34)(H,28,29)(H,30,31)(H,35,36). The first kappa shape index (κ1) is 31.7. The summed E-state index contributed by atoms with van der Waals surface area (Å²) >= 11 is 0. The Hall–Kier alpha value is -4.28. The smallest absolute Gasteiger partial charge is 0.326 e. The fraction of sp³-hybridized carbons (Fsp3) is 0.579. The van der Waals surface area contributed by atoms with E-state index in [0.717, 1.165) is 0 Å². The second-order valence-corrected chi connectivity index (χ2v) is 7.67. The molecule has 0 spiro atoms. The predicted molar refractivity (Wildman–Crippen MR) is 117 cm³/mol. The molecule has 0 aliphatic carbocycles. The second-order valence-electron chi connectivity index (χ2n) is 7.67. The number of hydrogen-bond donors (Lipinski definition) is 9. The Morgan fingerprint density at radius 3 is 1.36 bits per heavy atom. The van der Waals surface area contributed by atoms with Gasteiger partial charge in [-0.1, -0.05) is 0 Å². The van der Waals surface area contributed by atoms with Crippen molar-refractivity contribution in [3.05, 3.63) is 0 Å². The summed E-state index contributed by atoms with van der Waals surface area (Å²) in [4.78, 5) is 92.8. The van der Waals surface area contributed by atoms with Crippen molar-refractivity contribution < 1.29 is 53.7 Å². The van der Waals surface area contributed by atoms with Crippen LogP contribution in [0.4, 0.5) is 0 Å². The van der Waals surface area contributed by atoms with Crippen LogP contribution in [0.3, 0.4) is 0 Å². The number of primary amides is 2. The molecule has 0 saturated carbocycles. The molecule has 0 bridgehead atoms. The van der Waals surface area contributed by atoms with E-state index in [0.29, 0.717) is 0 Å². The number of amides is 5. The zero-order chi connectivity index (χ0) is 28.0. The van der Waals surface area contributed by atoms with Crippen LogP contribution in [-0.4, -0.2) is 86.9 Å². The molecule has 0 aliphatic rings. The van der Waals surface area contributed by atoms with Crippen LogP contribution in [0.15, 0.2) is 0 Å². The lowest BCUT2D eigenvalue weighted by molar-refractivity contribution is -0.142. The van der Waals surface area contributed by atoms with Crippen LogP contribution in [0.2, 0.25) is 0 Å². The highest BCUT2D eigenvalue weighted by molar-refractivity contribution is 5.95. The fourth-order valence-corrected chi connectivity index (χ4v) is 2.74. The molecule has 4 unspecified atom stereocenters. The van der Waals surface area contributed by atoms with Gasteiger partial charge in [0.15, 0.2) is 0 Å². The third-order valence-corrected chi connectivity index (χ3v) is 4.62. The summed E-state index contributed by atoms with van der Waals surface area (Å²) in [6.07, 6.45) is -3.45. The van der Waals surface area contributed by atoms with E-state index in [1.165, 1.54) is 0 Å². The van der Waals surface area contributed by atoms with E-state index in [-0.39, 0.29) is 12.8 Å². The molecular weight excluding hydrogens is 488 g/mol. The van der Waals surface area contributed by atoms with Gasteiger partial charge in [0.05, 0.1) is 12.5 Å². The lowest BCUT2D eigenvalue weighted by atomic mass is 10.1. The molecule has 0 aromatic carbocycles. The van der Waals surface area contributed by atoms with Crippen LogP contribution in [0.25, 0.3) is 0 Å². The molecule has 0 radical (unpaired) electrons.